The number of para-hydroxylation sites is 1. The summed E-state index contributed by atoms with van der Waals surface area (Å²) in [4.78, 5) is 10.3. The fourth-order valence-corrected chi connectivity index (χ4v) is 1.92. The van der Waals surface area contributed by atoms with Gasteiger partial charge in [0.15, 0.2) is 11.6 Å². The molecule has 0 bridgehead atoms. The minimum Gasteiger partial charge on any atom is -0.374 e. The smallest absolute Gasteiger partial charge is 0.293 e. The summed E-state index contributed by atoms with van der Waals surface area (Å²) in [7, 11) is 0. The van der Waals surface area contributed by atoms with Gasteiger partial charge in [-0.1, -0.05) is 23.7 Å². The molecule has 7 heteroatoms. The van der Waals surface area contributed by atoms with Gasteiger partial charge in [-0.25, -0.2) is 8.78 Å². The Labute approximate surface area is 118 Å². The van der Waals surface area contributed by atoms with Crippen LogP contribution in [0, 0.1) is 21.7 Å². The van der Waals surface area contributed by atoms with Crippen molar-refractivity contribution in [2.45, 2.75) is 6.54 Å². The van der Waals surface area contributed by atoms with Crippen molar-refractivity contribution in [2.75, 3.05) is 5.32 Å². The van der Waals surface area contributed by atoms with Crippen LogP contribution >= 0.6 is 11.6 Å². The number of benzene rings is 2. The van der Waals surface area contributed by atoms with Crippen molar-refractivity contribution in [3.8, 4) is 0 Å². The van der Waals surface area contributed by atoms with E-state index in [9.17, 15) is 18.9 Å². The van der Waals surface area contributed by atoms with E-state index in [1.807, 2.05) is 0 Å². The molecular formula is C13H9ClF2N2O2. The molecule has 0 fully saturated rings. The lowest BCUT2D eigenvalue weighted by molar-refractivity contribution is -0.383. The first-order valence-electron chi connectivity index (χ1n) is 5.59. The molecular weight excluding hydrogens is 290 g/mol. The summed E-state index contributed by atoms with van der Waals surface area (Å²) in [5, 5.41) is 13.8. The van der Waals surface area contributed by atoms with Crippen molar-refractivity contribution < 1.29 is 13.7 Å². The third-order valence-electron chi connectivity index (χ3n) is 2.64. The zero-order valence-electron chi connectivity index (χ0n) is 10.1. The lowest BCUT2D eigenvalue weighted by Gasteiger charge is -2.09. The van der Waals surface area contributed by atoms with Crippen LogP contribution in [0.3, 0.4) is 0 Å². The average Bonchev–Trinajstić information content (AvgIpc) is 2.40. The monoisotopic (exact) mass is 298 g/mol. The number of hydrogen-bond donors (Lipinski definition) is 1. The molecule has 0 aliphatic heterocycles. The van der Waals surface area contributed by atoms with Gasteiger partial charge in [-0.15, -0.1) is 0 Å². The van der Waals surface area contributed by atoms with Gasteiger partial charge in [0.25, 0.3) is 5.69 Å². The molecule has 0 aliphatic carbocycles. The van der Waals surface area contributed by atoms with Crippen LogP contribution in [-0.2, 0) is 6.54 Å². The SMILES string of the molecule is O=[N+]([O-])c1cccc(Cl)c1NCc1ccc(F)c(F)c1. The number of nitro groups is 1. The number of nitro benzene ring substituents is 1. The third kappa shape index (κ3) is 3.03. The van der Waals surface area contributed by atoms with Crippen LogP contribution in [0.25, 0.3) is 0 Å². The zero-order chi connectivity index (χ0) is 14.7. The number of nitrogens with one attached hydrogen (secondary N) is 1. The summed E-state index contributed by atoms with van der Waals surface area (Å²) >= 11 is 5.90. The molecule has 104 valence electrons. The molecule has 0 atom stereocenters. The standard InChI is InChI=1S/C13H9ClF2N2O2/c14-9-2-1-3-12(18(19)20)13(9)17-7-8-4-5-10(15)11(16)6-8/h1-6,17H,7H2. The lowest BCUT2D eigenvalue weighted by atomic mass is 10.2. The van der Waals surface area contributed by atoms with E-state index < -0.39 is 16.6 Å². The molecule has 0 aliphatic rings. The fraction of sp³-hybridized carbons (Fsp3) is 0.0769. The first-order valence-corrected chi connectivity index (χ1v) is 5.97. The minimum atomic E-state index is -0.974. The Morgan fingerprint density at radius 3 is 2.60 bits per heavy atom. The predicted molar refractivity (Wildman–Crippen MR) is 71.8 cm³/mol. The molecule has 0 aromatic heterocycles. The van der Waals surface area contributed by atoms with Crippen molar-refractivity contribution in [1.82, 2.24) is 0 Å². The molecule has 2 aromatic rings. The van der Waals surface area contributed by atoms with Crippen molar-refractivity contribution in [2.24, 2.45) is 0 Å². The molecule has 2 aromatic carbocycles. The van der Waals surface area contributed by atoms with E-state index in [4.69, 9.17) is 11.6 Å². The molecule has 4 nitrogen and oxygen atoms in total. The number of nitrogens with zero attached hydrogens (tertiary/aromatic N) is 1. The summed E-state index contributed by atoms with van der Waals surface area (Å²) in [5.74, 6) is -1.92. The van der Waals surface area contributed by atoms with E-state index >= 15 is 0 Å². The van der Waals surface area contributed by atoms with E-state index in [1.165, 1.54) is 24.3 Å². The first-order chi connectivity index (χ1) is 9.49. The second-order valence-corrected chi connectivity index (χ2v) is 4.40. The van der Waals surface area contributed by atoms with E-state index in [-0.39, 0.29) is 22.9 Å². The molecule has 0 spiro atoms. The van der Waals surface area contributed by atoms with Gasteiger partial charge in [-0.05, 0) is 23.8 Å². The van der Waals surface area contributed by atoms with E-state index in [1.54, 1.807) is 0 Å². The quantitative estimate of drug-likeness (QED) is 0.682. The van der Waals surface area contributed by atoms with E-state index in [0.29, 0.717) is 5.56 Å². The largest absolute Gasteiger partial charge is 0.374 e. The van der Waals surface area contributed by atoms with Gasteiger partial charge < -0.3 is 5.32 Å². The second-order valence-electron chi connectivity index (χ2n) is 3.99. The van der Waals surface area contributed by atoms with Crippen molar-refractivity contribution in [1.29, 1.82) is 0 Å². The number of rotatable bonds is 4. The van der Waals surface area contributed by atoms with E-state index in [2.05, 4.69) is 5.32 Å². The maximum absolute atomic E-state index is 13.1. The molecule has 0 amide bonds. The Bertz CT molecular complexity index is 665. The van der Waals surface area contributed by atoms with Gasteiger partial charge in [-0.3, -0.25) is 10.1 Å². The van der Waals surface area contributed by atoms with Crippen LogP contribution in [0.5, 0.6) is 0 Å². The summed E-state index contributed by atoms with van der Waals surface area (Å²) in [6.45, 7) is 0.0851. The van der Waals surface area contributed by atoms with E-state index in [0.717, 1.165) is 12.1 Å². The van der Waals surface area contributed by atoms with Gasteiger partial charge in [0.1, 0.15) is 5.69 Å². The summed E-state index contributed by atoms with van der Waals surface area (Å²) < 4.78 is 25.8. The molecule has 0 unspecified atom stereocenters. The van der Waals surface area contributed by atoms with Crippen LogP contribution < -0.4 is 5.32 Å². The molecule has 0 saturated carbocycles. The summed E-state index contributed by atoms with van der Waals surface area (Å²) in [5.41, 5.74) is 0.405. The summed E-state index contributed by atoms with van der Waals surface area (Å²) in [6, 6.07) is 7.66. The van der Waals surface area contributed by atoms with Crippen LogP contribution in [-0.4, -0.2) is 4.92 Å². The highest BCUT2D eigenvalue weighted by Crippen LogP contribution is 2.32. The first kappa shape index (κ1) is 14.2. The highest BCUT2D eigenvalue weighted by molar-refractivity contribution is 6.33. The van der Waals surface area contributed by atoms with Gasteiger partial charge >= 0.3 is 0 Å². The van der Waals surface area contributed by atoms with Crippen LogP contribution in [0.4, 0.5) is 20.2 Å². The lowest BCUT2D eigenvalue weighted by Crippen LogP contribution is -2.04. The highest BCUT2D eigenvalue weighted by atomic mass is 35.5. The van der Waals surface area contributed by atoms with Crippen LogP contribution in [0.1, 0.15) is 5.56 Å². The fourth-order valence-electron chi connectivity index (χ4n) is 1.68. The van der Waals surface area contributed by atoms with Gasteiger partial charge in [0, 0.05) is 12.6 Å². The summed E-state index contributed by atoms with van der Waals surface area (Å²) in [6.07, 6.45) is 0. The molecule has 0 saturated heterocycles. The number of halogens is 3. The van der Waals surface area contributed by atoms with Gasteiger partial charge in [0.2, 0.25) is 0 Å². The molecule has 0 radical (unpaired) electrons. The topological polar surface area (TPSA) is 55.2 Å². The zero-order valence-corrected chi connectivity index (χ0v) is 10.8. The maximum atomic E-state index is 13.1. The molecule has 0 heterocycles. The average molecular weight is 299 g/mol. The molecule has 1 N–H and O–H groups in total. The van der Waals surface area contributed by atoms with Crippen molar-refractivity contribution in [3.63, 3.8) is 0 Å². The van der Waals surface area contributed by atoms with Gasteiger partial charge in [0.05, 0.1) is 9.95 Å². The van der Waals surface area contributed by atoms with Crippen LogP contribution in [0.15, 0.2) is 36.4 Å². The Morgan fingerprint density at radius 2 is 1.95 bits per heavy atom. The Hall–Kier alpha value is -2.21. The predicted octanol–water partition coefficient (Wildman–Crippen LogP) is 4.14. The second kappa shape index (κ2) is 5.83. The molecule has 20 heavy (non-hydrogen) atoms. The van der Waals surface area contributed by atoms with Crippen LogP contribution in [0.2, 0.25) is 5.02 Å². The minimum absolute atomic E-state index is 0.0851. The third-order valence-corrected chi connectivity index (χ3v) is 2.96. The molecule has 2 rings (SSSR count). The Balaban J connectivity index is 2.22. The van der Waals surface area contributed by atoms with Crippen molar-refractivity contribution in [3.05, 3.63) is 68.7 Å². The number of hydrogen-bond acceptors (Lipinski definition) is 3. The highest BCUT2D eigenvalue weighted by Gasteiger charge is 2.16. The Kier molecular flexibility index (Phi) is 4.14. The normalized spacial score (nSPS) is 10.3. The van der Waals surface area contributed by atoms with Crippen molar-refractivity contribution >= 4 is 23.0 Å². The maximum Gasteiger partial charge on any atom is 0.293 e. The van der Waals surface area contributed by atoms with Gasteiger partial charge in [-0.2, -0.15) is 0 Å². The Morgan fingerprint density at radius 1 is 1.20 bits per heavy atom. The number of anilines is 1.